The number of rotatable bonds is 11. The van der Waals surface area contributed by atoms with Gasteiger partial charge in [0.05, 0.1) is 16.3 Å². The molecule has 3 aromatic heterocycles. The summed E-state index contributed by atoms with van der Waals surface area (Å²) in [6.45, 7) is 5.50. The van der Waals surface area contributed by atoms with Crippen molar-refractivity contribution >= 4 is 40.2 Å². The van der Waals surface area contributed by atoms with Gasteiger partial charge < -0.3 is 30.1 Å². The number of carbonyl (C=O) groups is 1. The van der Waals surface area contributed by atoms with Gasteiger partial charge in [0.1, 0.15) is 18.1 Å². The summed E-state index contributed by atoms with van der Waals surface area (Å²) in [6, 6.07) is 7.45. The van der Waals surface area contributed by atoms with Gasteiger partial charge in [-0.2, -0.15) is 4.98 Å². The predicted molar refractivity (Wildman–Crippen MR) is 159 cm³/mol. The fourth-order valence-electron chi connectivity index (χ4n) is 4.80. The summed E-state index contributed by atoms with van der Waals surface area (Å²) in [5.74, 6) is -0.462. The number of hydrogen-bond acceptors (Lipinski definition) is 8. The Hall–Kier alpha value is -4.00. The largest absolute Gasteiger partial charge is 0.408 e. The van der Waals surface area contributed by atoms with Crippen LogP contribution in [0.1, 0.15) is 30.3 Å². The fourth-order valence-corrected chi connectivity index (χ4v) is 5.06. The first-order valence-electron chi connectivity index (χ1n) is 13.9. The van der Waals surface area contributed by atoms with Gasteiger partial charge in [-0.25, -0.2) is 9.37 Å². The summed E-state index contributed by atoms with van der Waals surface area (Å²) in [5, 5.41) is 9.70. The van der Waals surface area contributed by atoms with Crippen LogP contribution in [-0.2, 0) is 11.8 Å². The molecule has 1 aromatic carbocycles. The molecule has 11 nitrogen and oxygen atoms in total. The van der Waals surface area contributed by atoms with Crippen molar-refractivity contribution in [2.45, 2.75) is 19.8 Å². The van der Waals surface area contributed by atoms with Crippen LogP contribution in [0, 0.1) is 11.7 Å². The topological polar surface area (TPSA) is 124 Å². The van der Waals surface area contributed by atoms with Crippen molar-refractivity contribution in [3.8, 4) is 11.1 Å². The van der Waals surface area contributed by atoms with Crippen molar-refractivity contribution in [2.24, 2.45) is 13.0 Å². The van der Waals surface area contributed by atoms with Crippen molar-refractivity contribution < 1.29 is 18.8 Å². The lowest BCUT2D eigenvalue weighted by Crippen LogP contribution is -2.33. The average Bonchev–Trinajstić information content (AvgIpc) is 3.35. The number of aryl methyl sites for hydroxylation is 1. The van der Waals surface area contributed by atoms with E-state index in [1.54, 1.807) is 23.9 Å². The molecule has 0 spiro atoms. The Balaban J connectivity index is 1.47. The first-order valence-corrected chi connectivity index (χ1v) is 14.2. The molecule has 42 heavy (non-hydrogen) atoms. The number of likely N-dealkylation sites (N-methyl/N-ethyl adjacent to an activating group) is 1. The number of nitrogens with one attached hydrogen (secondary N) is 3. The molecule has 0 unspecified atom stereocenters. The van der Waals surface area contributed by atoms with Gasteiger partial charge in [0.15, 0.2) is 5.65 Å². The number of amides is 1. The zero-order valence-electron chi connectivity index (χ0n) is 23.5. The van der Waals surface area contributed by atoms with E-state index in [-0.39, 0.29) is 46.2 Å². The monoisotopic (exact) mass is 597 g/mol. The Morgan fingerprint density at radius 2 is 2.05 bits per heavy atom. The summed E-state index contributed by atoms with van der Waals surface area (Å²) < 4.78 is 23.1. The van der Waals surface area contributed by atoms with Gasteiger partial charge in [-0.05, 0) is 49.6 Å². The lowest BCUT2D eigenvalue weighted by Gasteiger charge is -2.22. The van der Waals surface area contributed by atoms with Gasteiger partial charge >= 0.3 is 0 Å². The molecular formula is C29H33ClFN7O4. The van der Waals surface area contributed by atoms with Crippen molar-refractivity contribution in [2.75, 3.05) is 44.8 Å². The second-order valence-corrected chi connectivity index (χ2v) is 10.4. The standard InChI is InChI=1S/C29H33ClFN7O4/c1-3-32-9-10-33-27(39)24-14-20(16-37(24)2)35-29-34-15-19-13-21(25-22(30)5-4-6-23(25)31)28(40)38(26(19)36-29)42-17-18-7-11-41-12-8-18/h4-6,13-16,18,32H,3,7-12,17H2,1-2H3,(H,33,39)(H,34,35,36). The van der Waals surface area contributed by atoms with Crippen LogP contribution in [0.25, 0.3) is 22.2 Å². The zero-order valence-corrected chi connectivity index (χ0v) is 24.2. The van der Waals surface area contributed by atoms with Gasteiger partial charge in [0, 0.05) is 56.7 Å². The van der Waals surface area contributed by atoms with Crippen molar-refractivity contribution in [3.63, 3.8) is 0 Å². The highest BCUT2D eigenvalue weighted by Gasteiger charge is 2.21. The van der Waals surface area contributed by atoms with E-state index in [0.29, 0.717) is 43.1 Å². The third-order valence-corrected chi connectivity index (χ3v) is 7.36. The van der Waals surface area contributed by atoms with Gasteiger partial charge in [-0.15, -0.1) is 4.73 Å². The van der Waals surface area contributed by atoms with Crippen LogP contribution in [0.4, 0.5) is 16.0 Å². The Kier molecular flexibility index (Phi) is 9.35. The summed E-state index contributed by atoms with van der Waals surface area (Å²) in [4.78, 5) is 41.4. The molecule has 4 heterocycles. The number of carbonyl (C=O) groups excluding carboxylic acids is 1. The Morgan fingerprint density at radius 3 is 2.81 bits per heavy atom. The maximum Gasteiger partial charge on any atom is 0.293 e. The molecule has 1 saturated heterocycles. The maximum absolute atomic E-state index is 14.9. The third-order valence-electron chi connectivity index (χ3n) is 7.05. The fraction of sp³-hybridized carbons (Fsp3) is 0.379. The summed E-state index contributed by atoms with van der Waals surface area (Å²) >= 11 is 6.32. The molecule has 1 aliphatic heterocycles. The highest BCUT2D eigenvalue weighted by Crippen LogP contribution is 2.30. The van der Waals surface area contributed by atoms with E-state index >= 15 is 0 Å². The molecule has 4 aromatic rings. The lowest BCUT2D eigenvalue weighted by atomic mass is 10.0. The van der Waals surface area contributed by atoms with Gasteiger partial charge in [-0.1, -0.05) is 24.6 Å². The molecule has 0 atom stereocenters. The molecule has 1 amide bonds. The number of nitrogens with zero attached hydrogens (tertiary/aromatic N) is 4. The molecule has 13 heteroatoms. The smallest absolute Gasteiger partial charge is 0.293 e. The second-order valence-electron chi connectivity index (χ2n) is 10.0. The van der Waals surface area contributed by atoms with Crippen molar-refractivity contribution in [3.05, 3.63) is 69.6 Å². The Morgan fingerprint density at radius 1 is 1.24 bits per heavy atom. The van der Waals surface area contributed by atoms with Gasteiger partial charge in [0.25, 0.3) is 11.5 Å². The Labute approximate surface area is 247 Å². The molecule has 3 N–H and O–H groups in total. The van der Waals surface area contributed by atoms with Crippen LogP contribution in [-0.4, -0.2) is 64.6 Å². The van der Waals surface area contributed by atoms with Crippen LogP contribution in [0.2, 0.25) is 5.02 Å². The number of hydrogen-bond donors (Lipinski definition) is 3. The lowest BCUT2D eigenvalue weighted by molar-refractivity contribution is 0.0153. The molecule has 0 saturated carbocycles. The summed E-state index contributed by atoms with van der Waals surface area (Å²) in [6.07, 6.45) is 4.86. The van der Waals surface area contributed by atoms with Crippen LogP contribution >= 0.6 is 11.6 Å². The first kappa shape index (κ1) is 29.5. The van der Waals surface area contributed by atoms with Crippen LogP contribution in [0.5, 0.6) is 0 Å². The average molecular weight is 598 g/mol. The Bertz CT molecular complexity index is 1610. The molecule has 0 radical (unpaired) electrons. The van der Waals surface area contributed by atoms with Crippen molar-refractivity contribution in [1.29, 1.82) is 0 Å². The number of pyridine rings is 1. The van der Waals surface area contributed by atoms with E-state index in [9.17, 15) is 14.0 Å². The van der Waals surface area contributed by atoms with E-state index < -0.39 is 11.4 Å². The zero-order chi connectivity index (χ0) is 29.6. The molecule has 1 aliphatic rings. The number of fused-ring (bicyclic) bond motifs is 1. The normalized spacial score (nSPS) is 13.8. The second kappa shape index (κ2) is 13.3. The first-order chi connectivity index (χ1) is 20.4. The number of anilines is 2. The van der Waals surface area contributed by atoms with Crippen LogP contribution in [0.15, 0.2) is 47.5 Å². The van der Waals surface area contributed by atoms with Gasteiger partial charge in [-0.3, -0.25) is 9.59 Å². The number of ether oxygens (including phenoxy) is 1. The van der Waals surface area contributed by atoms with E-state index in [2.05, 4.69) is 25.9 Å². The van der Waals surface area contributed by atoms with E-state index in [4.69, 9.17) is 21.2 Å². The van der Waals surface area contributed by atoms with Crippen molar-refractivity contribution in [1.82, 2.24) is 29.9 Å². The molecule has 1 fully saturated rings. The minimum absolute atomic E-state index is 0.0164. The summed E-state index contributed by atoms with van der Waals surface area (Å²) in [7, 11) is 1.77. The number of aromatic nitrogens is 4. The SMILES string of the molecule is CCNCCNC(=O)c1cc(Nc2ncc3cc(-c4c(F)cccc4Cl)c(=O)n(OCC4CCOCC4)c3n2)cn1C. The molecule has 5 rings (SSSR count). The quantitative estimate of drug-likeness (QED) is 0.224. The van der Waals surface area contributed by atoms with Gasteiger partial charge in [0.2, 0.25) is 5.95 Å². The van der Waals surface area contributed by atoms with Crippen LogP contribution in [0.3, 0.4) is 0 Å². The van der Waals surface area contributed by atoms with E-state index in [1.807, 2.05) is 6.92 Å². The minimum Gasteiger partial charge on any atom is -0.408 e. The maximum atomic E-state index is 14.9. The molecule has 0 bridgehead atoms. The third kappa shape index (κ3) is 6.56. The van der Waals surface area contributed by atoms with E-state index in [1.165, 1.54) is 30.5 Å². The highest BCUT2D eigenvalue weighted by atomic mass is 35.5. The molecule has 222 valence electrons. The number of benzene rings is 1. The highest BCUT2D eigenvalue weighted by molar-refractivity contribution is 6.33. The molecule has 0 aliphatic carbocycles. The predicted octanol–water partition coefficient (Wildman–Crippen LogP) is 3.53. The van der Waals surface area contributed by atoms with Crippen LogP contribution < -0.4 is 26.3 Å². The van der Waals surface area contributed by atoms with E-state index in [0.717, 1.165) is 24.1 Å². The molecular weight excluding hydrogens is 565 g/mol. The number of halogens is 2. The minimum atomic E-state index is -0.625. The summed E-state index contributed by atoms with van der Waals surface area (Å²) in [5.41, 5.74) is 0.672.